The number of amides is 1. The summed E-state index contributed by atoms with van der Waals surface area (Å²) in [6, 6.07) is -1.20. The summed E-state index contributed by atoms with van der Waals surface area (Å²) < 4.78 is 11.1. The summed E-state index contributed by atoms with van der Waals surface area (Å²) in [6.45, 7) is 3.39. The second-order valence-electron chi connectivity index (χ2n) is 19.6. The van der Waals surface area contributed by atoms with Crippen LogP contribution in [0.2, 0.25) is 0 Å². The lowest BCUT2D eigenvalue weighted by Gasteiger charge is -2.40. The first-order valence-electron chi connectivity index (χ1n) is 28.0. The van der Waals surface area contributed by atoms with Crippen molar-refractivity contribution in [3.8, 4) is 0 Å². The molecule has 0 bridgehead atoms. The van der Waals surface area contributed by atoms with Crippen LogP contribution in [-0.4, -0.2) is 110 Å². The number of ether oxygens (including phenoxy) is 2. The number of nitrogens with one attached hydrogen (secondary N) is 1. The lowest BCUT2D eigenvalue weighted by Crippen LogP contribution is -2.60. The number of carbonyl (C=O) groups is 1. The minimum absolute atomic E-state index is 0.239. The second kappa shape index (κ2) is 46.2. The average molecular weight is 964 g/mol. The number of aliphatic hydroxyl groups is 7. The molecule has 9 unspecified atom stereocenters. The fourth-order valence-corrected chi connectivity index (χ4v) is 8.69. The first-order chi connectivity index (χ1) is 33.2. The van der Waals surface area contributed by atoms with Crippen LogP contribution in [0.25, 0.3) is 0 Å². The monoisotopic (exact) mass is 964 g/mol. The van der Waals surface area contributed by atoms with E-state index in [-0.39, 0.29) is 12.8 Å². The molecule has 0 aromatic heterocycles. The van der Waals surface area contributed by atoms with Crippen molar-refractivity contribution < 1.29 is 50.0 Å². The van der Waals surface area contributed by atoms with Gasteiger partial charge < -0.3 is 50.5 Å². The molecule has 9 atom stereocenters. The molecule has 0 aliphatic carbocycles. The van der Waals surface area contributed by atoms with Crippen LogP contribution in [0.5, 0.6) is 0 Å². The summed E-state index contributed by atoms with van der Waals surface area (Å²) >= 11 is 0. The molecule has 68 heavy (non-hydrogen) atoms. The van der Waals surface area contributed by atoms with Crippen LogP contribution in [0, 0.1) is 0 Å². The zero-order valence-electron chi connectivity index (χ0n) is 43.3. The first kappa shape index (κ1) is 64.1. The van der Waals surface area contributed by atoms with E-state index in [4.69, 9.17) is 9.47 Å². The number of hydrogen-bond donors (Lipinski definition) is 8. The van der Waals surface area contributed by atoms with Crippen molar-refractivity contribution in [1.29, 1.82) is 0 Å². The van der Waals surface area contributed by atoms with Gasteiger partial charge in [-0.1, -0.05) is 204 Å². The maximum absolute atomic E-state index is 13.2. The molecule has 1 aliphatic heterocycles. The Morgan fingerprint density at radius 2 is 0.897 bits per heavy atom. The predicted molar refractivity (Wildman–Crippen MR) is 279 cm³/mol. The van der Waals surface area contributed by atoms with E-state index in [1.165, 1.54) is 141 Å². The molecule has 1 fully saturated rings. The molecule has 398 valence electrons. The third-order valence-corrected chi connectivity index (χ3v) is 13.3. The van der Waals surface area contributed by atoms with Crippen molar-refractivity contribution in [3.05, 3.63) is 48.6 Å². The van der Waals surface area contributed by atoms with E-state index in [1.54, 1.807) is 0 Å². The Bertz CT molecular complexity index is 1240. The number of carbonyl (C=O) groups excluding carboxylic acids is 1. The molecule has 1 heterocycles. The molecule has 0 aromatic rings. The topological polar surface area (TPSA) is 189 Å². The van der Waals surface area contributed by atoms with E-state index in [0.717, 1.165) is 51.4 Å². The van der Waals surface area contributed by atoms with Gasteiger partial charge in [0.2, 0.25) is 5.91 Å². The van der Waals surface area contributed by atoms with Crippen molar-refractivity contribution in [2.24, 2.45) is 0 Å². The third kappa shape index (κ3) is 34.4. The Balaban J connectivity index is 2.32. The Kier molecular flexibility index (Phi) is 43.5. The van der Waals surface area contributed by atoms with Gasteiger partial charge in [0.05, 0.1) is 25.4 Å². The maximum Gasteiger partial charge on any atom is 0.249 e. The van der Waals surface area contributed by atoms with Gasteiger partial charge in [-0.15, -0.1) is 0 Å². The zero-order chi connectivity index (χ0) is 49.7. The minimum atomic E-state index is -1.67. The Labute approximate surface area is 415 Å². The Morgan fingerprint density at radius 1 is 0.500 bits per heavy atom. The Morgan fingerprint density at radius 3 is 1.35 bits per heavy atom. The number of hydrogen-bond acceptors (Lipinski definition) is 10. The highest BCUT2D eigenvalue weighted by Crippen LogP contribution is 2.23. The summed E-state index contributed by atoms with van der Waals surface area (Å²) in [5, 5.41) is 75.9. The fourth-order valence-electron chi connectivity index (χ4n) is 8.69. The summed E-state index contributed by atoms with van der Waals surface area (Å²) in [5.41, 5.74) is 0. The number of allylic oxidation sites excluding steroid dienone is 8. The molecule has 11 nitrogen and oxygen atoms in total. The summed E-state index contributed by atoms with van der Waals surface area (Å²) in [5.74, 6) is -0.714. The highest BCUT2D eigenvalue weighted by molar-refractivity contribution is 5.80. The number of unbranched alkanes of at least 4 members (excludes halogenated alkanes) is 27. The van der Waals surface area contributed by atoms with Gasteiger partial charge in [0.25, 0.3) is 0 Å². The molecule has 1 rings (SSSR count). The lowest BCUT2D eigenvalue weighted by molar-refractivity contribution is -0.303. The average Bonchev–Trinajstić information content (AvgIpc) is 3.34. The summed E-state index contributed by atoms with van der Waals surface area (Å²) in [6.07, 6.45) is 46.0. The first-order valence-corrected chi connectivity index (χ1v) is 28.0. The smallest absolute Gasteiger partial charge is 0.249 e. The van der Waals surface area contributed by atoms with Gasteiger partial charge in [-0.05, 0) is 83.5 Å². The molecule has 1 amide bonds. The van der Waals surface area contributed by atoms with Crippen LogP contribution in [0.4, 0.5) is 0 Å². The maximum atomic E-state index is 13.2. The van der Waals surface area contributed by atoms with Gasteiger partial charge in [0.1, 0.15) is 36.6 Å². The van der Waals surface area contributed by atoms with Gasteiger partial charge in [0.15, 0.2) is 6.29 Å². The molecule has 8 N–H and O–H groups in total. The van der Waals surface area contributed by atoms with E-state index >= 15 is 0 Å². The number of aliphatic hydroxyl groups excluding tert-OH is 7. The van der Waals surface area contributed by atoms with E-state index < -0.39 is 74.2 Å². The van der Waals surface area contributed by atoms with Gasteiger partial charge in [-0.25, -0.2) is 0 Å². The molecule has 11 heteroatoms. The summed E-state index contributed by atoms with van der Waals surface area (Å²) in [4.78, 5) is 13.2. The summed E-state index contributed by atoms with van der Waals surface area (Å²) in [7, 11) is 0. The molecule has 0 aromatic carbocycles. The van der Waals surface area contributed by atoms with Gasteiger partial charge in [-0.3, -0.25) is 4.79 Å². The van der Waals surface area contributed by atoms with Crippen LogP contribution in [0.3, 0.4) is 0 Å². The van der Waals surface area contributed by atoms with Crippen LogP contribution in [0.1, 0.15) is 239 Å². The largest absolute Gasteiger partial charge is 0.394 e. The van der Waals surface area contributed by atoms with Crippen LogP contribution >= 0.6 is 0 Å². The minimum Gasteiger partial charge on any atom is -0.394 e. The zero-order valence-corrected chi connectivity index (χ0v) is 43.3. The highest BCUT2D eigenvalue weighted by Gasteiger charge is 2.44. The molecule has 0 saturated carbocycles. The normalized spacial score (nSPS) is 20.9. The predicted octanol–water partition coefficient (Wildman–Crippen LogP) is 11.3. The Hall–Kier alpha value is -1.93. The van der Waals surface area contributed by atoms with Gasteiger partial charge >= 0.3 is 0 Å². The fraction of sp³-hybridized carbons (Fsp3) is 0.842. The van der Waals surface area contributed by atoms with E-state index in [1.807, 2.05) is 0 Å². The van der Waals surface area contributed by atoms with Crippen molar-refractivity contribution in [2.45, 2.75) is 294 Å². The van der Waals surface area contributed by atoms with Gasteiger partial charge in [-0.2, -0.15) is 0 Å². The molecule has 1 saturated heterocycles. The standard InChI is InChI=1S/C57H105NO10/c1-3-5-7-9-11-13-15-17-19-20-21-22-23-24-25-26-27-28-29-31-33-35-37-39-41-43-45-50(61)56(66)58-48(47-67-57-55(65)54(64)53(63)51(46-59)68-57)52(62)49(60)44-42-40-38-36-34-32-30-18-16-14-12-10-8-6-4-2/h10,12,18,24-25,30,36,38,48-55,57,59-65H,3-9,11,13-17,19-23,26-29,31-35,37,39-47H2,1-2H3,(H,58,66)/b12-10+,25-24-,30-18+,38-36+. The van der Waals surface area contributed by atoms with Crippen molar-refractivity contribution in [3.63, 3.8) is 0 Å². The molecular weight excluding hydrogens is 859 g/mol. The SMILES string of the molecule is CCCC/C=C/CC/C=C/CC/C=C/CCCC(O)C(O)C(COC1OC(CO)C(O)C(O)C1O)NC(=O)C(O)CCCCCCCCCCCC/C=C\CCCCCCCCCCCCCC. The second-order valence-corrected chi connectivity index (χ2v) is 19.6. The van der Waals surface area contributed by atoms with Gasteiger partial charge in [0, 0.05) is 0 Å². The van der Waals surface area contributed by atoms with Crippen LogP contribution < -0.4 is 5.32 Å². The molecule has 0 radical (unpaired) electrons. The quantitative estimate of drug-likeness (QED) is 0.0215. The molecule has 1 aliphatic rings. The van der Waals surface area contributed by atoms with Crippen molar-refractivity contribution in [1.82, 2.24) is 5.32 Å². The molecular formula is C57H105NO10. The third-order valence-electron chi connectivity index (χ3n) is 13.3. The number of rotatable bonds is 47. The van der Waals surface area contributed by atoms with Crippen LogP contribution in [-0.2, 0) is 14.3 Å². The highest BCUT2D eigenvalue weighted by atomic mass is 16.7. The molecule has 0 spiro atoms. The van der Waals surface area contributed by atoms with E-state index in [9.17, 15) is 40.5 Å². The lowest BCUT2D eigenvalue weighted by atomic mass is 9.98. The van der Waals surface area contributed by atoms with Crippen LogP contribution in [0.15, 0.2) is 48.6 Å². The van der Waals surface area contributed by atoms with Crippen molar-refractivity contribution >= 4 is 5.91 Å². The van der Waals surface area contributed by atoms with E-state index in [0.29, 0.717) is 19.3 Å². The van der Waals surface area contributed by atoms with E-state index in [2.05, 4.69) is 67.8 Å². The van der Waals surface area contributed by atoms with Crippen molar-refractivity contribution in [2.75, 3.05) is 13.2 Å².